The van der Waals surface area contributed by atoms with E-state index >= 15 is 0 Å². The van der Waals surface area contributed by atoms with Crippen LogP contribution in [0.15, 0.2) is 28.7 Å². The molecule has 5 heteroatoms. The van der Waals surface area contributed by atoms with Gasteiger partial charge in [-0.3, -0.25) is 4.79 Å². The zero-order valence-electron chi connectivity index (χ0n) is 12.8. The molecule has 3 rings (SSSR count). The predicted molar refractivity (Wildman–Crippen MR) is 83.5 cm³/mol. The first-order valence-electron chi connectivity index (χ1n) is 7.64. The van der Waals surface area contributed by atoms with Crippen LogP contribution >= 0.6 is 0 Å². The van der Waals surface area contributed by atoms with Crippen LogP contribution in [0.1, 0.15) is 32.4 Å². The Morgan fingerprint density at radius 1 is 1.36 bits per heavy atom. The zero-order valence-corrected chi connectivity index (χ0v) is 12.8. The third-order valence-electron chi connectivity index (χ3n) is 4.20. The second kappa shape index (κ2) is 6.10. The van der Waals surface area contributed by atoms with Crippen LogP contribution in [0.2, 0.25) is 0 Å². The molecule has 1 aromatic carbocycles. The largest absolute Gasteiger partial charge is 0.459 e. The Kier molecular flexibility index (Phi) is 4.18. The van der Waals surface area contributed by atoms with Crippen molar-refractivity contribution in [3.63, 3.8) is 0 Å². The van der Waals surface area contributed by atoms with Gasteiger partial charge in [-0.25, -0.2) is 0 Å². The van der Waals surface area contributed by atoms with Crippen molar-refractivity contribution >= 4 is 22.6 Å². The Morgan fingerprint density at radius 3 is 2.86 bits per heavy atom. The van der Waals surface area contributed by atoms with Crippen molar-refractivity contribution in [2.45, 2.75) is 45.5 Å². The summed E-state index contributed by atoms with van der Waals surface area (Å²) in [6.45, 7) is 3.93. The van der Waals surface area contributed by atoms with Crippen molar-refractivity contribution in [1.29, 1.82) is 0 Å². The van der Waals surface area contributed by atoms with Gasteiger partial charge in [-0.05, 0) is 50.5 Å². The first kappa shape index (κ1) is 15.1. The third kappa shape index (κ3) is 3.15. The molecule has 3 atom stereocenters. The van der Waals surface area contributed by atoms with E-state index in [1.54, 1.807) is 12.1 Å². The van der Waals surface area contributed by atoms with Gasteiger partial charge in [-0.1, -0.05) is 0 Å². The van der Waals surface area contributed by atoms with Gasteiger partial charge in [-0.15, -0.1) is 0 Å². The van der Waals surface area contributed by atoms with Crippen LogP contribution in [0.5, 0.6) is 0 Å². The van der Waals surface area contributed by atoms with Crippen molar-refractivity contribution < 1.29 is 19.1 Å². The molecule has 1 amide bonds. The molecule has 0 saturated carbocycles. The summed E-state index contributed by atoms with van der Waals surface area (Å²) < 4.78 is 11.1. The van der Waals surface area contributed by atoms with Crippen LogP contribution in [-0.2, 0) is 16.1 Å². The molecule has 118 valence electrons. The van der Waals surface area contributed by atoms with Gasteiger partial charge in [0.05, 0.1) is 12.2 Å². The van der Waals surface area contributed by atoms with Crippen molar-refractivity contribution in [1.82, 2.24) is 0 Å². The van der Waals surface area contributed by atoms with Crippen LogP contribution in [0.4, 0.5) is 5.69 Å². The lowest BCUT2D eigenvalue weighted by atomic mass is 9.96. The van der Waals surface area contributed by atoms with E-state index in [4.69, 9.17) is 14.3 Å². The molecule has 0 spiro atoms. The summed E-state index contributed by atoms with van der Waals surface area (Å²) in [5.41, 5.74) is 1.44. The van der Waals surface area contributed by atoms with Crippen LogP contribution in [-0.4, -0.2) is 23.2 Å². The van der Waals surface area contributed by atoms with Crippen LogP contribution in [0.3, 0.4) is 0 Å². The first-order valence-corrected chi connectivity index (χ1v) is 7.64. The second-order valence-electron chi connectivity index (χ2n) is 6.02. The van der Waals surface area contributed by atoms with Crippen LogP contribution in [0.25, 0.3) is 11.0 Å². The molecule has 2 N–H and O–H groups in total. The number of carbonyl (C=O) groups excluding carboxylic acids is 1. The number of carbonyl (C=O) groups is 1. The molecule has 2 heterocycles. The molecule has 1 fully saturated rings. The molecular formula is C17H21NO4. The smallest absolute Gasteiger partial charge is 0.224 e. The van der Waals surface area contributed by atoms with Gasteiger partial charge in [0.15, 0.2) is 0 Å². The van der Waals surface area contributed by atoms with E-state index in [2.05, 4.69) is 5.32 Å². The highest BCUT2D eigenvalue weighted by atomic mass is 16.5. The van der Waals surface area contributed by atoms with Crippen molar-refractivity contribution in [3.8, 4) is 0 Å². The van der Waals surface area contributed by atoms with Gasteiger partial charge in [0.25, 0.3) is 0 Å². The highest BCUT2D eigenvalue weighted by molar-refractivity contribution is 5.93. The maximum atomic E-state index is 12.2. The minimum atomic E-state index is -0.131. The fourth-order valence-electron chi connectivity index (χ4n) is 3.10. The van der Waals surface area contributed by atoms with E-state index in [0.717, 1.165) is 17.5 Å². The van der Waals surface area contributed by atoms with Gasteiger partial charge in [-0.2, -0.15) is 0 Å². The summed E-state index contributed by atoms with van der Waals surface area (Å²) in [4.78, 5) is 12.2. The monoisotopic (exact) mass is 303 g/mol. The normalized spacial score (nSPS) is 24.8. The lowest BCUT2D eigenvalue weighted by Gasteiger charge is -2.13. The molecule has 1 aliphatic rings. The van der Waals surface area contributed by atoms with E-state index in [9.17, 15) is 4.79 Å². The maximum Gasteiger partial charge on any atom is 0.224 e. The van der Waals surface area contributed by atoms with Gasteiger partial charge < -0.3 is 19.6 Å². The van der Waals surface area contributed by atoms with E-state index in [1.165, 1.54) is 0 Å². The highest BCUT2D eigenvalue weighted by Crippen LogP contribution is 2.29. The SMILES string of the molecule is CC1CC(CC(=O)Nc2ccc3oc(CO)cc3c2)C(C)O1. The number of amides is 1. The minimum absolute atomic E-state index is 0.000207. The van der Waals surface area contributed by atoms with E-state index < -0.39 is 0 Å². The topological polar surface area (TPSA) is 71.7 Å². The van der Waals surface area contributed by atoms with E-state index in [1.807, 2.05) is 26.0 Å². The Bertz CT molecular complexity index is 678. The molecule has 1 saturated heterocycles. The molecule has 0 radical (unpaired) electrons. The quantitative estimate of drug-likeness (QED) is 0.910. The Balaban J connectivity index is 1.66. The average molecular weight is 303 g/mol. The number of rotatable bonds is 4. The highest BCUT2D eigenvalue weighted by Gasteiger charge is 2.31. The molecule has 2 aromatic rings. The second-order valence-corrected chi connectivity index (χ2v) is 6.02. The van der Waals surface area contributed by atoms with Gasteiger partial charge >= 0.3 is 0 Å². The summed E-state index contributed by atoms with van der Waals surface area (Å²) in [5.74, 6) is 0.790. The number of benzene rings is 1. The third-order valence-corrected chi connectivity index (χ3v) is 4.20. The van der Waals surface area contributed by atoms with Gasteiger partial charge in [0.1, 0.15) is 18.0 Å². The molecular weight excluding hydrogens is 282 g/mol. The summed E-state index contributed by atoms with van der Waals surface area (Å²) in [6.07, 6.45) is 1.75. The number of hydrogen-bond donors (Lipinski definition) is 2. The fourth-order valence-corrected chi connectivity index (χ4v) is 3.10. The molecule has 22 heavy (non-hydrogen) atoms. The molecule has 0 bridgehead atoms. The Morgan fingerprint density at radius 2 is 2.18 bits per heavy atom. The van der Waals surface area contributed by atoms with Gasteiger partial charge in [0.2, 0.25) is 5.91 Å². The maximum absolute atomic E-state index is 12.2. The number of anilines is 1. The zero-order chi connectivity index (χ0) is 15.7. The number of ether oxygens (including phenoxy) is 1. The van der Waals surface area contributed by atoms with Crippen LogP contribution < -0.4 is 5.32 Å². The van der Waals surface area contributed by atoms with E-state index in [-0.39, 0.29) is 30.6 Å². The summed E-state index contributed by atoms with van der Waals surface area (Å²) in [5, 5.41) is 12.9. The average Bonchev–Trinajstić information content (AvgIpc) is 3.01. The number of hydrogen-bond acceptors (Lipinski definition) is 4. The minimum Gasteiger partial charge on any atom is -0.459 e. The number of aliphatic hydroxyl groups is 1. The molecule has 1 aliphatic heterocycles. The number of nitrogens with one attached hydrogen (secondary N) is 1. The van der Waals surface area contributed by atoms with Crippen molar-refractivity contribution in [2.24, 2.45) is 5.92 Å². The molecule has 3 unspecified atom stereocenters. The Labute approximate surface area is 129 Å². The van der Waals surface area contributed by atoms with Gasteiger partial charge in [0, 0.05) is 17.5 Å². The number of furan rings is 1. The first-order chi connectivity index (χ1) is 10.5. The van der Waals surface area contributed by atoms with Crippen LogP contribution in [0, 0.1) is 5.92 Å². The number of fused-ring (bicyclic) bond motifs is 1. The lowest BCUT2D eigenvalue weighted by molar-refractivity contribution is -0.117. The molecule has 1 aromatic heterocycles. The predicted octanol–water partition coefficient (Wildman–Crippen LogP) is 3.07. The van der Waals surface area contributed by atoms with E-state index in [0.29, 0.717) is 17.8 Å². The fraction of sp³-hybridized carbons (Fsp3) is 0.471. The number of aliphatic hydroxyl groups excluding tert-OH is 1. The molecule has 5 nitrogen and oxygen atoms in total. The Hall–Kier alpha value is -1.85. The lowest BCUT2D eigenvalue weighted by Crippen LogP contribution is -2.20. The summed E-state index contributed by atoms with van der Waals surface area (Å²) >= 11 is 0. The summed E-state index contributed by atoms with van der Waals surface area (Å²) in [6, 6.07) is 7.24. The summed E-state index contributed by atoms with van der Waals surface area (Å²) in [7, 11) is 0. The van der Waals surface area contributed by atoms with Crippen molar-refractivity contribution in [3.05, 3.63) is 30.0 Å². The van der Waals surface area contributed by atoms with Crippen molar-refractivity contribution in [2.75, 3.05) is 5.32 Å². The molecule has 0 aliphatic carbocycles. The standard InChI is InChI=1S/C17H21NO4/c1-10-5-12(11(2)21-10)8-17(20)18-14-3-4-16-13(6-14)7-15(9-19)22-16/h3-4,6-7,10-12,19H,5,8-9H2,1-2H3,(H,18,20).